The largest absolute Gasteiger partial charge is 0.352 e. The fraction of sp³-hybridized carbons (Fsp3) is 0.412. The van der Waals surface area contributed by atoms with Crippen LogP contribution >= 0.6 is 24.0 Å². The van der Waals surface area contributed by atoms with Crippen molar-refractivity contribution >= 4 is 29.9 Å². The maximum atomic E-state index is 13.6. The lowest BCUT2D eigenvalue weighted by molar-refractivity contribution is 0.503. The molecule has 0 amide bonds. The average Bonchev–Trinajstić information content (AvgIpc) is 2.97. The van der Waals surface area contributed by atoms with Crippen molar-refractivity contribution < 1.29 is 8.78 Å². The lowest BCUT2D eigenvalue weighted by Gasteiger charge is -2.14. The summed E-state index contributed by atoms with van der Waals surface area (Å²) in [5.74, 6) is 0.992. The van der Waals surface area contributed by atoms with Crippen LogP contribution in [0, 0.1) is 17.6 Å². The smallest absolute Gasteiger partial charge is 0.191 e. The zero-order valence-corrected chi connectivity index (χ0v) is 16.9. The first kappa shape index (κ1) is 21.3. The molecule has 0 aliphatic rings. The Bertz CT molecular complexity index is 700. The lowest BCUT2D eigenvalue weighted by Crippen LogP contribution is -2.37. The van der Waals surface area contributed by atoms with E-state index in [0.29, 0.717) is 18.4 Å². The second-order valence-corrected chi connectivity index (χ2v) is 5.90. The number of hydrogen-bond donors (Lipinski definition) is 2. The normalized spacial score (nSPS) is 11.4. The highest BCUT2D eigenvalue weighted by molar-refractivity contribution is 14.0. The minimum atomic E-state index is -0.466. The summed E-state index contributed by atoms with van der Waals surface area (Å²) in [5.41, 5.74) is 0.249. The van der Waals surface area contributed by atoms with Crippen molar-refractivity contribution in [3.63, 3.8) is 0 Å². The summed E-state index contributed by atoms with van der Waals surface area (Å²) >= 11 is 0. The van der Waals surface area contributed by atoms with E-state index in [4.69, 9.17) is 0 Å². The van der Waals surface area contributed by atoms with Crippen LogP contribution in [0.25, 0.3) is 0 Å². The molecule has 0 unspecified atom stereocenters. The number of hydrogen-bond acceptors (Lipinski definition) is 2. The molecule has 0 aliphatic carbocycles. The predicted molar refractivity (Wildman–Crippen MR) is 106 cm³/mol. The van der Waals surface area contributed by atoms with Crippen LogP contribution in [0.4, 0.5) is 8.78 Å². The van der Waals surface area contributed by atoms with Crippen LogP contribution in [0.3, 0.4) is 0 Å². The molecule has 0 aliphatic heterocycles. The number of benzene rings is 1. The molecule has 25 heavy (non-hydrogen) atoms. The van der Waals surface area contributed by atoms with Crippen molar-refractivity contribution in [1.29, 1.82) is 0 Å². The third kappa shape index (κ3) is 6.60. The lowest BCUT2D eigenvalue weighted by atomic mass is 10.2. The van der Waals surface area contributed by atoms with Gasteiger partial charge in [0.25, 0.3) is 0 Å². The van der Waals surface area contributed by atoms with E-state index >= 15 is 0 Å². The maximum Gasteiger partial charge on any atom is 0.191 e. The van der Waals surface area contributed by atoms with Crippen LogP contribution in [-0.4, -0.2) is 22.6 Å². The second-order valence-electron chi connectivity index (χ2n) is 5.90. The molecule has 0 atom stereocenters. The van der Waals surface area contributed by atoms with Crippen LogP contribution in [-0.2, 0) is 19.6 Å². The van der Waals surface area contributed by atoms with E-state index in [1.165, 1.54) is 6.07 Å². The molecule has 0 saturated heterocycles. The number of rotatable bonds is 6. The zero-order valence-electron chi connectivity index (χ0n) is 14.6. The zero-order chi connectivity index (χ0) is 17.5. The fourth-order valence-electron chi connectivity index (χ4n) is 2.31. The standard InChI is InChI=1S/C17H23F2N5.HI/c1-12(2)11-24-7-6-21-16(24)10-23-17(20-3)22-9-13-8-14(18)4-5-15(13)19;/h4-8,12H,9-11H2,1-3H3,(H2,20,22,23);1H. The third-order valence-corrected chi connectivity index (χ3v) is 3.46. The number of guanidine groups is 1. The topological polar surface area (TPSA) is 54.2 Å². The first-order chi connectivity index (χ1) is 11.5. The molecule has 2 rings (SSSR count). The minimum absolute atomic E-state index is 0. The molecular weight excluding hydrogens is 439 g/mol. The second kappa shape index (κ2) is 10.3. The molecule has 0 fully saturated rings. The van der Waals surface area contributed by atoms with Crippen molar-refractivity contribution in [3.05, 3.63) is 53.6 Å². The van der Waals surface area contributed by atoms with Gasteiger partial charge in [0.05, 0.1) is 6.54 Å². The molecule has 1 aromatic carbocycles. The number of imidazole rings is 1. The van der Waals surface area contributed by atoms with Crippen molar-refractivity contribution in [3.8, 4) is 0 Å². The van der Waals surface area contributed by atoms with Gasteiger partial charge in [0.15, 0.2) is 5.96 Å². The Morgan fingerprint density at radius 3 is 2.64 bits per heavy atom. The van der Waals surface area contributed by atoms with Gasteiger partial charge in [-0.3, -0.25) is 4.99 Å². The van der Waals surface area contributed by atoms with Gasteiger partial charge in [-0.1, -0.05) is 13.8 Å². The number of nitrogens with one attached hydrogen (secondary N) is 2. The van der Waals surface area contributed by atoms with Gasteiger partial charge >= 0.3 is 0 Å². The fourth-order valence-corrected chi connectivity index (χ4v) is 2.31. The summed E-state index contributed by atoms with van der Waals surface area (Å²) in [5, 5.41) is 6.10. The van der Waals surface area contributed by atoms with Gasteiger partial charge in [0.1, 0.15) is 17.5 Å². The van der Waals surface area contributed by atoms with Crippen LogP contribution in [0.15, 0.2) is 35.6 Å². The molecule has 8 heteroatoms. The van der Waals surface area contributed by atoms with E-state index in [2.05, 4.69) is 39.0 Å². The van der Waals surface area contributed by atoms with E-state index in [0.717, 1.165) is 24.5 Å². The summed E-state index contributed by atoms with van der Waals surface area (Å²) in [6, 6.07) is 3.39. The van der Waals surface area contributed by atoms with Gasteiger partial charge in [-0.25, -0.2) is 13.8 Å². The monoisotopic (exact) mass is 463 g/mol. The highest BCUT2D eigenvalue weighted by Gasteiger charge is 2.08. The Balaban J connectivity index is 0.00000312. The summed E-state index contributed by atoms with van der Waals surface area (Å²) < 4.78 is 28.9. The summed E-state index contributed by atoms with van der Waals surface area (Å²) in [7, 11) is 1.62. The quantitative estimate of drug-likeness (QED) is 0.393. The molecular formula is C17H24F2IN5. The van der Waals surface area contributed by atoms with E-state index in [1.807, 2.05) is 6.20 Å². The van der Waals surface area contributed by atoms with Crippen LogP contribution < -0.4 is 10.6 Å². The molecule has 1 aromatic heterocycles. The van der Waals surface area contributed by atoms with Gasteiger partial charge in [-0.15, -0.1) is 24.0 Å². The molecule has 2 aromatic rings. The maximum absolute atomic E-state index is 13.6. The van der Waals surface area contributed by atoms with Gasteiger partial charge < -0.3 is 15.2 Å². The van der Waals surface area contributed by atoms with Crippen molar-refractivity contribution in [2.45, 2.75) is 33.5 Å². The van der Waals surface area contributed by atoms with E-state index in [-0.39, 0.29) is 36.1 Å². The Labute approximate surface area is 164 Å². The molecule has 0 radical (unpaired) electrons. The molecule has 2 N–H and O–H groups in total. The van der Waals surface area contributed by atoms with Gasteiger partial charge in [0, 0.05) is 38.1 Å². The Morgan fingerprint density at radius 2 is 1.96 bits per heavy atom. The highest BCUT2D eigenvalue weighted by Crippen LogP contribution is 2.09. The minimum Gasteiger partial charge on any atom is -0.352 e. The van der Waals surface area contributed by atoms with E-state index in [9.17, 15) is 8.78 Å². The SMILES string of the molecule is CN=C(NCc1cc(F)ccc1F)NCc1nccn1CC(C)C.I. The van der Waals surface area contributed by atoms with E-state index in [1.54, 1.807) is 13.2 Å². The van der Waals surface area contributed by atoms with Gasteiger partial charge in [0.2, 0.25) is 0 Å². The third-order valence-electron chi connectivity index (χ3n) is 3.46. The molecule has 0 saturated carbocycles. The molecule has 0 bridgehead atoms. The first-order valence-electron chi connectivity index (χ1n) is 7.88. The Kier molecular flexibility index (Phi) is 8.81. The predicted octanol–water partition coefficient (Wildman–Crippen LogP) is 3.30. The van der Waals surface area contributed by atoms with Crippen LogP contribution in [0.2, 0.25) is 0 Å². The average molecular weight is 463 g/mol. The molecule has 138 valence electrons. The van der Waals surface area contributed by atoms with Gasteiger partial charge in [-0.2, -0.15) is 0 Å². The summed E-state index contributed by atoms with van der Waals surface area (Å²) in [6.45, 7) is 5.81. The highest BCUT2D eigenvalue weighted by atomic mass is 127. The number of aromatic nitrogens is 2. The number of halogens is 3. The van der Waals surface area contributed by atoms with E-state index < -0.39 is 11.6 Å². The summed E-state index contributed by atoms with van der Waals surface area (Å²) in [6.07, 6.45) is 3.70. The van der Waals surface area contributed by atoms with Crippen molar-refractivity contribution in [1.82, 2.24) is 20.2 Å². The number of aliphatic imine (C=N–C) groups is 1. The Hall–Kier alpha value is -1.71. The number of nitrogens with zero attached hydrogens (tertiary/aromatic N) is 3. The van der Waals surface area contributed by atoms with Gasteiger partial charge in [-0.05, 0) is 24.1 Å². The molecule has 5 nitrogen and oxygen atoms in total. The van der Waals surface area contributed by atoms with Crippen molar-refractivity contribution in [2.75, 3.05) is 7.05 Å². The first-order valence-corrected chi connectivity index (χ1v) is 7.88. The molecule has 1 heterocycles. The van der Waals surface area contributed by atoms with Crippen LogP contribution in [0.5, 0.6) is 0 Å². The van der Waals surface area contributed by atoms with Crippen LogP contribution in [0.1, 0.15) is 25.2 Å². The summed E-state index contributed by atoms with van der Waals surface area (Å²) in [4.78, 5) is 8.41. The Morgan fingerprint density at radius 1 is 1.24 bits per heavy atom. The molecule has 0 spiro atoms. The van der Waals surface area contributed by atoms with Crippen molar-refractivity contribution in [2.24, 2.45) is 10.9 Å².